The standard InChI is InChI=1S/C21H26N2O2.C2H2O4/c1-2-25-21(18-12-6-3-7-13-18,19-14-8-4-9-15-19)20(24)22-23-16-10-5-11-17-23;3-1(4)2(5)6/h3-4,6-9,12-15H,2,5,10-11,16-17H2,1H3,(H,22,24);(H,3,4)(H,5,6). The van der Waals surface area contributed by atoms with Crippen LogP contribution < -0.4 is 5.43 Å². The molecule has 0 spiro atoms. The Balaban J connectivity index is 0.000000501. The van der Waals surface area contributed by atoms with E-state index in [1.165, 1.54) is 6.42 Å². The van der Waals surface area contributed by atoms with E-state index in [9.17, 15) is 4.79 Å². The zero-order valence-electron chi connectivity index (χ0n) is 17.5. The van der Waals surface area contributed by atoms with Crippen LogP contribution in [0.2, 0.25) is 0 Å². The Morgan fingerprint density at radius 1 is 0.871 bits per heavy atom. The summed E-state index contributed by atoms with van der Waals surface area (Å²) >= 11 is 0. The van der Waals surface area contributed by atoms with Crippen LogP contribution >= 0.6 is 0 Å². The van der Waals surface area contributed by atoms with E-state index in [4.69, 9.17) is 24.5 Å². The van der Waals surface area contributed by atoms with Gasteiger partial charge in [0.25, 0.3) is 5.91 Å². The number of hydrazine groups is 1. The number of amides is 1. The summed E-state index contributed by atoms with van der Waals surface area (Å²) in [4.78, 5) is 31.6. The molecule has 0 radical (unpaired) electrons. The van der Waals surface area contributed by atoms with Crippen LogP contribution in [-0.2, 0) is 24.7 Å². The second-order valence-corrected chi connectivity index (χ2v) is 6.95. The third-order valence-corrected chi connectivity index (χ3v) is 4.84. The van der Waals surface area contributed by atoms with Crippen LogP contribution in [-0.4, -0.2) is 52.8 Å². The molecule has 3 N–H and O–H groups in total. The first-order valence-corrected chi connectivity index (χ1v) is 10.2. The van der Waals surface area contributed by atoms with Crippen LogP contribution in [0.15, 0.2) is 60.7 Å². The van der Waals surface area contributed by atoms with Crippen LogP contribution in [0.1, 0.15) is 37.3 Å². The number of ether oxygens (including phenoxy) is 1. The molecule has 1 amide bonds. The monoisotopic (exact) mass is 428 g/mol. The number of hydrogen-bond acceptors (Lipinski definition) is 5. The van der Waals surface area contributed by atoms with Crippen LogP contribution in [0.5, 0.6) is 0 Å². The summed E-state index contributed by atoms with van der Waals surface area (Å²) in [6.45, 7) is 4.14. The van der Waals surface area contributed by atoms with E-state index >= 15 is 0 Å². The van der Waals surface area contributed by atoms with Gasteiger partial charge in [-0.1, -0.05) is 67.1 Å². The van der Waals surface area contributed by atoms with Gasteiger partial charge in [0.2, 0.25) is 0 Å². The number of carboxylic acid groups (broad SMARTS) is 2. The number of carbonyl (C=O) groups is 3. The second-order valence-electron chi connectivity index (χ2n) is 6.95. The molecule has 166 valence electrons. The van der Waals surface area contributed by atoms with Crippen molar-refractivity contribution in [3.05, 3.63) is 71.8 Å². The zero-order chi connectivity index (χ0) is 22.7. The molecule has 3 rings (SSSR count). The first kappa shape index (κ1) is 24.0. The van der Waals surface area contributed by atoms with Crippen LogP contribution in [0, 0.1) is 0 Å². The molecule has 8 nitrogen and oxygen atoms in total. The highest BCUT2D eigenvalue weighted by Gasteiger charge is 2.43. The highest BCUT2D eigenvalue weighted by Crippen LogP contribution is 2.34. The maximum Gasteiger partial charge on any atom is 0.414 e. The Kier molecular flexibility index (Phi) is 9.17. The fourth-order valence-corrected chi connectivity index (χ4v) is 3.45. The molecule has 0 aromatic heterocycles. The quantitative estimate of drug-likeness (QED) is 0.606. The minimum absolute atomic E-state index is 0.131. The summed E-state index contributed by atoms with van der Waals surface area (Å²) in [5, 5.41) is 16.8. The van der Waals surface area contributed by atoms with Gasteiger partial charge in [-0.15, -0.1) is 0 Å². The van der Waals surface area contributed by atoms with Crippen LogP contribution in [0.3, 0.4) is 0 Å². The molecule has 1 heterocycles. The molecule has 2 aromatic carbocycles. The lowest BCUT2D eigenvalue weighted by molar-refractivity contribution is -0.159. The molecule has 1 aliphatic heterocycles. The van der Waals surface area contributed by atoms with Crippen molar-refractivity contribution in [3.63, 3.8) is 0 Å². The third kappa shape index (κ3) is 6.37. The lowest BCUT2D eigenvalue weighted by atomic mass is 9.85. The van der Waals surface area contributed by atoms with Gasteiger partial charge in [-0.05, 0) is 30.9 Å². The Labute approximate surface area is 181 Å². The molecular weight excluding hydrogens is 400 g/mol. The number of carboxylic acids is 2. The van der Waals surface area contributed by atoms with Crippen molar-refractivity contribution in [3.8, 4) is 0 Å². The summed E-state index contributed by atoms with van der Waals surface area (Å²) in [6, 6.07) is 19.5. The number of aliphatic carboxylic acids is 2. The van der Waals surface area contributed by atoms with E-state index in [-0.39, 0.29) is 5.91 Å². The van der Waals surface area contributed by atoms with Crippen LogP contribution in [0.4, 0.5) is 0 Å². The summed E-state index contributed by atoms with van der Waals surface area (Å²) in [5.74, 6) is -3.78. The molecule has 1 saturated heterocycles. The number of carbonyl (C=O) groups excluding carboxylic acids is 1. The fraction of sp³-hybridized carbons (Fsp3) is 0.348. The Bertz CT molecular complexity index is 799. The van der Waals surface area contributed by atoms with Crippen molar-refractivity contribution in [1.29, 1.82) is 0 Å². The molecular formula is C23H28N2O6. The predicted octanol–water partition coefficient (Wildman–Crippen LogP) is 2.64. The average molecular weight is 428 g/mol. The van der Waals surface area contributed by atoms with Crippen molar-refractivity contribution < 1.29 is 29.3 Å². The number of benzene rings is 2. The molecule has 1 fully saturated rings. The van der Waals surface area contributed by atoms with Gasteiger partial charge in [0.05, 0.1) is 0 Å². The Morgan fingerprint density at radius 3 is 1.71 bits per heavy atom. The first-order chi connectivity index (χ1) is 14.9. The van der Waals surface area contributed by atoms with Gasteiger partial charge in [-0.25, -0.2) is 14.6 Å². The number of hydrogen-bond donors (Lipinski definition) is 3. The van der Waals surface area contributed by atoms with Gasteiger partial charge in [0.15, 0.2) is 5.60 Å². The highest BCUT2D eigenvalue weighted by atomic mass is 16.5. The lowest BCUT2D eigenvalue weighted by Crippen LogP contribution is -2.54. The fourth-order valence-electron chi connectivity index (χ4n) is 3.45. The van der Waals surface area contributed by atoms with Gasteiger partial charge in [0.1, 0.15) is 0 Å². The van der Waals surface area contributed by atoms with E-state index in [1.807, 2.05) is 72.6 Å². The Hall–Kier alpha value is -3.23. The molecule has 0 atom stereocenters. The molecule has 8 heteroatoms. The van der Waals surface area contributed by atoms with E-state index in [2.05, 4.69) is 5.43 Å². The summed E-state index contributed by atoms with van der Waals surface area (Å²) < 4.78 is 6.17. The van der Waals surface area contributed by atoms with Gasteiger partial charge in [0, 0.05) is 19.7 Å². The van der Waals surface area contributed by atoms with Crippen molar-refractivity contribution in [2.75, 3.05) is 19.7 Å². The van der Waals surface area contributed by atoms with Crippen molar-refractivity contribution >= 4 is 17.8 Å². The van der Waals surface area contributed by atoms with Crippen molar-refractivity contribution in [2.24, 2.45) is 0 Å². The summed E-state index contributed by atoms with van der Waals surface area (Å²) in [7, 11) is 0. The summed E-state index contributed by atoms with van der Waals surface area (Å²) in [5.41, 5.74) is 3.66. The maximum absolute atomic E-state index is 13.4. The predicted molar refractivity (Wildman–Crippen MR) is 114 cm³/mol. The SMILES string of the molecule is CCOC(C(=O)NN1CCCCC1)(c1ccccc1)c1ccccc1.O=C(O)C(=O)O. The number of nitrogens with zero attached hydrogens (tertiary/aromatic N) is 1. The average Bonchev–Trinajstić information content (AvgIpc) is 2.79. The lowest BCUT2D eigenvalue weighted by Gasteiger charge is -2.36. The number of nitrogens with one attached hydrogen (secondary N) is 1. The van der Waals surface area contributed by atoms with E-state index < -0.39 is 17.5 Å². The molecule has 0 bridgehead atoms. The smallest absolute Gasteiger partial charge is 0.414 e. The van der Waals surface area contributed by atoms with E-state index in [1.54, 1.807) is 0 Å². The van der Waals surface area contributed by atoms with Gasteiger partial charge in [-0.2, -0.15) is 0 Å². The van der Waals surface area contributed by atoms with E-state index in [0.717, 1.165) is 37.1 Å². The Morgan fingerprint density at radius 2 is 1.32 bits per heavy atom. The largest absolute Gasteiger partial charge is 0.473 e. The minimum Gasteiger partial charge on any atom is -0.473 e. The molecule has 1 aliphatic rings. The topological polar surface area (TPSA) is 116 Å². The van der Waals surface area contributed by atoms with Crippen LogP contribution in [0.25, 0.3) is 0 Å². The minimum atomic E-state index is -1.82. The molecule has 31 heavy (non-hydrogen) atoms. The molecule has 0 saturated carbocycles. The second kappa shape index (κ2) is 11.8. The van der Waals surface area contributed by atoms with Gasteiger partial charge < -0.3 is 14.9 Å². The third-order valence-electron chi connectivity index (χ3n) is 4.84. The number of piperidine rings is 1. The zero-order valence-corrected chi connectivity index (χ0v) is 17.5. The van der Waals surface area contributed by atoms with Crippen molar-refractivity contribution in [2.45, 2.75) is 31.8 Å². The molecule has 2 aromatic rings. The molecule has 0 unspecified atom stereocenters. The van der Waals surface area contributed by atoms with Crippen molar-refractivity contribution in [1.82, 2.24) is 10.4 Å². The highest BCUT2D eigenvalue weighted by molar-refractivity contribution is 6.27. The van der Waals surface area contributed by atoms with Gasteiger partial charge in [-0.3, -0.25) is 10.2 Å². The summed E-state index contributed by atoms with van der Waals surface area (Å²) in [6.07, 6.45) is 3.44. The number of rotatable bonds is 6. The first-order valence-electron chi connectivity index (χ1n) is 10.2. The van der Waals surface area contributed by atoms with Gasteiger partial charge >= 0.3 is 11.9 Å². The molecule has 0 aliphatic carbocycles. The maximum atomic E-state index is 13.4. The van der Waals surface area contributed by atoms with E-state index in [0.29, 0.717) is 6.61 Å². The normalized spacial score (nSPS) is 14.1.